The third-order valence-electron chi connectivity index (χ3n) is 16.4. The fourth-order valence-corrected chi connectivity index (χ4v) is 12.1. The third kappa shape index (κ3) is 9.76. The summed E-state index contributed by atoms with van der Waals surface area (Å²) in [5.74, 6) is 0.682. The molecular formula is C75H70. The summed E-state index contributed by atoms with van der Waals surface area (Å²) in [5, 5.41) is 0. The van der Waals surface area contributed by atoms with E-state index in [-0.39, 0.29) is 10.8 Å². The lowest BCUT2D eigenvalue weighted by Gasteiger charge is -2.23. The first-order valence-electron chi connectivity index (χ1n) is 27.4. The van der Waals surface area contributed by atoms with E-state index in [0.29, 0.717) is 5.92 Å². The highest BCUT2D eigenvalue weighted by Crippen LogP contribution is 2.53. The normalized spacial score (nSPS) is 14.0. The topological polar surface area (TPSA) is 0 Å². The number of hydrogen-bond donors (Lipinski definition) is 0. The van der Waals surface area contributed by atoms with E-state index in [1.54, 1.807) is 5.56 Å². The highest BCUT2D eigenvalue weighted by Gasteiger charge is 2.37. The van der Waals surface area contributed by atoms with E-state index in [1.165, 1.54) is 142 Å². The first-order chi connectivity index (χ1) is 36.4. The van der Waals surface area contributed by atoms with Gasteiger partial charge in [-0.1, -0.05) is 258 Å². The van der Waals surface area contributed by atoms with Crippen molar-refractivity contribution in [1.29, 1.82) is 0 Å². The molecule has 13 rings (SSSR count). The Morgan fingerprint density at radius 2 is 0.733 bits per heavy atom. The molecule has 0 bridgehead atoms. The van der Waals surface area contributed by atoms with Gasteiger partial charge in [-0.05, 0) is 181 Å². The van der Waals surface area contributed by atoms with Crippen LogP contribution in [0.2, 0.25) is 0 Å². The summed E-state index contributed by atoms with van der Waals surface area (Å²) >= 11 is 0. The standard InChI is InChI=1S/C32H30.C22H20.C21H20/c1-20-12-16-26-27-17-15-23(19-30(27)32(3,4)29(26)18-20)25-10-7-11-28(31(25)22-13-14-22)24-9-6-5-8-21(24)2;1-15-9-11-18-19-12-10-17(16-7-5-4-6-8-16)14-21(19)22(2,3)20(18)13-15;1-2-7-17-12-14-19(15-13-17)21-11-6-10-20(16-21)18-8-4-3-5-9-18/h5-12,15-19,22H,13-14H2,1-4H3;4-14H,1-3H3;3-6,8-16H,2,7H2,1H3. The van der Waals surface area contributed by atoms with Crippen molar-refractivity contribution in [1.82, 2.24) is 0 Å². The van der Waals surface area contributed by atoms with Crippen LogP contribution in [-0.2, 0) is 17.3 Å². The molecular weight excluding hydrogens is 901 g/mol. The highest BCUT2D eigenvalue weighted by molar-refractivity contribution is 5.87. The van der Waals surface area contributed by atoms with Gasteiger partial charge in [0.15, 0.2) is 0 Å². The molecule has 0 atom stereocenters. The molecule has 10 aromatic carbocycles. The van der Waals surface area contributed by atoms with Gasteiger partial charge in [-0.15, -0.1) is 0 Å². The SMILES string of the molecule is CCCc1ccc(-c2cccc(-c3ccccc3)c2)cc1.Cc1ccc2c(c1)C(C)(C)c1cc(-c3cccc(-c4ccccc4C)c3C3CC3)ccc1-2.Cc1ccc2c(c1)C(C)(C)c1cc(-c3ccccc3)ccc1-2. The lowest BCUT2D eigenvalue weighted by atomic mass is 9.80. The second kappa shape index (κ2) is 20.5. The Balaban J connectivity index is 0.000000125. The van der Waals surface area contributed by atoms with Crippen molar-refractivity contribution >= 4 is 0 Å². The minimum Gasteiger partial charge on any atom is -0.0651 e. The van der Waals surface area contributed by atoms with Crippen LogP contribution in [0.5, 0.6) is 0 Å². The first kappa shape index (κ1) is 49.4. The van der Waals surface area contributed by atoms with Gasteiger partial charge >= 0.3 is 0 Å². The van der Waals surface area contributed by atoms with Gasteiger partial charge in [-0.3, -0.25) is 0 Å². The quantitative estimate of drug-likeness (QED) is 0.142. The second-order valence-corrected chi connectivity index (χ2v) is 22.5. The molecule has 0 aromatic heterocycles. The van der Waals surface area contributed by atoms with E-state index in [9.17, 15) is 0 Å². The molecule has 0 radical (unpaired) electrons. The fourth-order valence-electron chi connectivity index (χ4n) is 12.1. The minimum absolute atomic E-state index is 0.0278. The third-order valence-corrected chi connectivity index (χ3v) is 16.4. The van der Waals surface area contributed by atoms with E-state index < -0.39 is 0 Å². The predicted molar refractivity (Wildman–Crippen MR) is 322 cm³/mol. The van der Waals surface area contributed by atoms with Crippen molar-refractivity contribution in [2.24, 2.45) is 0 Å². The Morgan fingerprint density at radius 1 is 0.333 bits per heavy atom. The molecule has 1 saturated carbocycles. The lowest BCUT2D eigenvalue weighted by Crippen LogP contribution is -2.15. The van der Waals surface area contributed by atoms with Crippen LogP contribution >= 0.6 is 0 Å². The lowest BCUT2D eigenvalue weighted by molar-refractivity contribution is 0.660. The van der Waals surface area contributed by atoms with Crippen LogP contribution in [0.3, 0.4) is 0 Å². The van der Waals surface area contributed by atoms with Gasteiger partial charge in [0, 0.05) is 10.8 Å². The molecule has 0 N–H and O–H groups in total. The largest absolute Gasteiger partial charge is 0.0651 e. The van der Waals surface area contributed by atoms with Crippen LogP contribution in [-0.4, -0.2) is 0 Å². The average Bonchev–Trinajstić information content (AvgIpc) is 4.26. The zero-order valence-electron chi connectivity index (χ0n) is 45.3. The molecule has 0 saturated heterocycles. The molecule has 3 aliphatic rings. The second-order valence-electron chi connectivity index (χ2n) is 22.5. The van der Waals surface area contributed by atoms with Gasteiger partial charge in [0.25, 0.3) is 0 Å². The van der Waals surface area contributed by atoms with Gasteiger partial charge in [0.05, 0.1) is 0 Å². The van der Waals surface area contributed by atoms with Crippen molar-refractivity contribution < 1.29 is 0 Å². The van der Waals surface area contributed by atoms with Gasteiger partial charge < -0.3 is 0 Å². The Kier molecular flexibility index (Phi) is 13.5. The summed E-state index contributed by atoms with van der Waals surface area (Å²) in [4.78, 5) is 0. The average molecular weight is 971 g/mol. The summed E-state index contributed by atoms with van der Waals surface area (Å²) in [6.45, 7) is 18.3. The Hall–Kier alpha value is -7.80. The maximum absolute atomic E-state index is 2.48. The van der Waals surface area contributed by atoms with Crippen molar-refractivity contribution in [2.75, 3.05) is 0 Å². The molecule has 370 valence electrons. The van der Waals surface area contributed by atoms with E-state index in [4.69, 9.17) is 0 Å². The Labute approximate surface area is 447 Å². The fraction of sp³-hybridized carbons (Fsp3) is 0.200. The van der Waals surface area contributed by atoms with E-state index in [2.05, 4.69) is 280 Å². The number of rotatable bonds is 8. The van der Waals surface area contributed by atoms with Gasteiger partial charge in [0.1, 0.15) is 0 Å². The summed E-state index contributed by atoms with van der Waals surface area (Å²) in [6.07, 6.45) is 4.96. The number of fused-ring (bicyclic) bond motifs is 6. The highest BCUT2D eigenvalue weighted by atomic mass is 14.4. The summed E-state index contributed by atoms with van der Waals surface area (Å²) in [6, 6.07) is 82.5. The van der Waals surface area contributed by atoms with E-state index >= 15 is 0 Å². The molecule has 0 spiro atoms. The van der Waals surface area contributed by atoms with Crippen LogP contribution in [0.25, 0.3) is 77.9 Å². The van der Waals surface area contributed by atoms with Crippen LogP contribution in [0.15, 0.2) is 224 Å². The molecule has 0 amide bonds. The molecule has 0 nitrogen and oxygen atoms in total. The molecule has 0 heterocycles. The predicted octanol–water partition coefficient (Wildman–Crippen LogP) is 20.8. The minimum atomic E-state index is 0.0278. The van der Waals surface area contributed by atoms with Crippen molar-refractivity contribution in [3.05, 3.63) is 275 Å². The summed E-state index contributed by atoms with van der Waals surface area (Å²) in [7, 11) is 0. The van der Waals surface area contributed by atoms with Crippen molar-refractivity contribution in [2.45, 2.75) is 97.8 Å². The maximum Gasteiger partial charge on any atom is 0.0159 e. The van der Waals surface area contributed by atoms with Crippen LogP contribution in [0.4, 0.5) is 0 Å². The van der Waals surface area contributed by atoms with Crippen LogP contribution in [0, 0.1) is 20.8 Å². The Bertz CT molecular complexity index is 3670. The molecule has 1 fully saturated rings. The monoisotopic (exact) mass is 971 g/mol. The summed E-state index contributed by atoms with van der Waals surface area (Å²) in [5.41, 5.74) is 31.7. The molecule has 0 heteroatoms. The first-order valence-corrected chi connectivity index (χ1v) is 27.4. The van der Waals surface area contributed by atoms with Crippen LogP contribution < -0.4 is 0 Å². The maximum atomic E-state index is 2.48. The van der Waals surface area contributed by atoms with Crippen molar-refractivity contribution in [3.63, 3.8) is 0 Å². The van der Waals surface area contributed by atoms with Gasteiger partial charge in [-0.2, -0.15) is 0 Å². The molecule has 3 aliphatic carbocycles. The number of hydrogen-bond acceptors (Lipinski definition) is 0. The smallest absolute Gasteiger partial charge is 0.0159 e. The molecule has 10 aromatic rings. The van der Waals surface area contributed by atoms with Crippen molar-refractivity contribution in [3.8, 4) is 77.9 Å². The van der Waals surface area contributed by atoms with E-state index in [1.807, 2.05) is 0 Å². The van der Waals surface area contributed by atoms with Gasteiger partial charge in [0.2, 0.25) is 0 Å². The zero-order valence-corrected chi connectivity index (χ0v) is 45.3. The zero-order chi connectivity index (χ0) is 51.8. The Morgan fingerprint density at radius 3 is 1.27 bits per heavy atom. The van der Waals surface area contributed by atoms with Gasteiger partial charge in [-0.25, -0.2) is 0 Å². The number of aryl methyl sites for hydroxylation is 4. The molecule has 0 aliphatic heterocycles. The van der Waals surface area contributed by atoms with Crippen LogP contribution in [0.1, 0.15) is 110 Å². The summed E-state index contributed by atoms with van der Waals surface area (Å²) < 4.78 is 0. The molecule has 75 heavy (non-hydrogen) atoms. The van der Waals surface area contributed by atoms with E-state index in [0.717, 1.165) is 6.42 Å². The number of benzene rings is 10. The molecule has 0 unspecified atom stereocenters.